The Balaban J connectivity index is 1.92. The zero-order valence-electron chi connectivity index (χ0n) is 13.9. The zero-order valence-corrected chi connectivity index (χ0v) is 13.9. The Hall–Kier alpha value is -3.41. The minimum absolute atomic E-state index is 0.159. The van der Waals surface area contributed by atoms with Gasteiger partial charge in [0.25, 0.3) is 0 Å². The summed E-state index contributed by atoms with van der Waals surface area (Å²) < 4.78 is 29.6. The standard InChI is InChI=1S/C20H15F2N3O/c1-11-7-19(26)24-10-14(11)12-5-6-17-13(8-12)9-18(25(17)23)20-15(21)3-2-4-16(20)22/h2-10H,23H2,1H3,(H,24,26). The van der Waals surface area contributed by atoms with E-state index in [9.17, 15) is 13.6 Å². The maximum Gasteiger partial charge on any atom is 0.248 e. The molecule has 2 aromatic carbocycles. The average molecular weight is 351 g/mol. The fourth-order valence-corrected chi connectivity index (χ4v) is 3.22. The van der Waals surface area contributed by atoms with Crippen LogP contribution in [0.15, 0.2) is 59.5 Å². The topological polar surface area (TPSA) is 63.8 Å². The van der Waals surface area contributed by atoms with Crippen LogP contribution in [0.4, 0.5) is 8.78 Å². The smallest absolute Gasteiger partial charge is 0.248 e. The molecule has 0 aliphatic heterocycles. The Bertz CT molecular complexity index is 1190. The Morgan fingerprint density at radius 2 is 1.77 bits per heavy atom. The van der Waals surface area contributed by atoms with E-state index in [1.807, 2.05) is 19.1 Å². The van der Waals surface area contributed by atoms with Crippen molar-refractivity contribution in [3.63, 3.8) is 0 Å². The summed E-state index contributed by atoms with van der Waals surface area (Å²) in [6.07, 6.45) is 1.65. The van der Waals surface area contributed by atoms with Gasteiger partial charge in [0.15, 0.2) is 0 Å². The fraction of sp³-hybridized carbons (Fsp3) is 0.0500. The molecule has 0 saturated carbocycles. The van der Waals surface area contributed by atoms with Gasteiger partial charge in [-0.2, -0.15) is 0 Å². The van der Waals surface area contributed by atoms with E-state index in [0.29, 0.717) is 5.52 Å². The fourth-order valence-electron chi connectivity index (χ4n) is 3.22. The van der Waals surface area contributed by atoms with E-state index in [4.69, 9.17) is 5.84 Å². The van der Waals surface area contributed by atoms with E-state index >= 15 is 0 Å². The molecule has 26 heavy (non-hydrogen) atoms. The number of nitrogen functional groups attached to an aromatic ring is 1. The summed E-state index contributed by atoms with van der Waals surface area (Å²) in [6, 6.07) is 12.4. The molecule has 0 amide bonds. The first-order valence-corrected chi connectivity index (χ1v) is 8.00. The third-order valence-corrected chi connectivity index (χ3v) is 4.50. The highest BCUT2D eigenvalue weighted by Gasteiger charge is 2.17. The van der Waals surface area contributed by atoms with Crippen LogP contribution in [0.25, 0.3) is 33.3 Å². The summed E-state index contributed by atoms with van der Waals surface area (Å²) in [5.41, 5.74) is 3.15. The maximum absolute atomic E-state index is 14.1. The van der Waals surface area contributed by atoms with Gasteiger partial charge in [0.1, 0.15) is 11.6 Å². The van der Waals surface area contributed by atoms with Crippen LogP contribution in [-0.4, -0.2) is 9.66 Å². The first kappa shape index (κ1) is 16.1. The number of rotatable bonds is 2. The minimum Gasteiger partial charge on any atom is -0.339 e. The SMILES string of the molecule is Cc1cc(=O)[nH]cc1-c1ccc2c(c1)cc(-c1c(F)cccc1F)n2N. The molecule has 0 radical (unpaired) electrons. The molecule has 6 heteroatoms. The van der Waals surface area contributed by atoms with Gasteiger partial charge in [0.05, 0.1) is 16.8 Å². The molecule has 4 nitrogen and oxygen atoms in total. The number of benzene rings is 2. The second-order valence-electron chi connectivity index (χ2n) is 6.16. The second kappa shape index (κ2) is 5.84. The lowest BCUT2D eigenvalue weighted by atomic mass is 10.0. The molecule has 2 heterocycles. The number of hydrogen-bond acceptors (Lipinski definition) is 2. The Labute approximate surface area is 147 Å². The predicted molar refractivity (Wildman–Crippen MR) is 98.2 cm³/mol. The van der Waals surface area contributed by atoms with Crippen molar-refractivity contribution in [2.24, 2.45) is 0 Å². The van der Waals surface area contributed by atoms with Crippen LogP contribution in [-0.2, 0) is 0 Å². The normalized spacial score (nSPS) is 11.2. The van der Waals surface area contributed by atoms with E-state index < -0.39 is 11.6 Å². The molecular formula is C20H15F2N3O. The average Bonchev–Trinajstić information content (AvgIpc) is 2.91. The molecule has 0 aliphatic rings. The molecule has 0 aliphatic carbocycles. The molecule has 130 valence electrons. The van der Waals surface area contributed by atoms with Crippen molar-refractivity contribution in [1.29, 1.82) is 0 Å². The first-order chi connectivity index (χ1) is 12.5. The number of halogens is 2. The van der Waals surface area contributed by atoms with Crippen LogP contribution in [0.1, 0.15) is 5.56 Å². The van der Waals surface area contributed by atoms with Crippen molar-refractivity contribution in [3.05, 3.63) is 82.3 Å². The van der Waals surface area contributed by atoms with Crippen LogP contribution < -0.4 is 11.4 Å². The molecule has 0 spiro atoms. The first-order valence-electron chi connectivity index (χ1n) is 8.00. The quantitative estimate of drug-likeness (QED) is 0.537. The number of hydrogen-bond donors (Lipinski definition) is 2. The Kier molecular flexibility index (Phi) is 3.61. The van der Waals surface area contributed by atoms with Gasteiger partial charge in [-0.1, -0.05) is 12.1 Å². The van der Waals surface area contributed by atoms with Crippen LogP contribution in [0.5, 0.6) is 0 Å². The summed E-state index contributed by atoms with van der Waals surface area (Å²) >= 11 is 0. The Morgan fingerprint density at radius 1 is 1.04 bits per heavy atom. The lowest BCUT2D eigenvalue weighted by molar-refractivity contribution is 0.588. The molecule has 2 aromatic heterocycles. The monoisotopic (exact) mass is 351 g/mol. The molecule has 4 aromatic rings. The summed E-state index contributed by atoms with van der Waals surface area (Å²) in [5.74, 6) is 4.74. The molecule has 0 saturated heterocycles. The number of H-pyrrole nitrogens is 1. The summed E-state index contributed by atoms with van der Waals surface area (Å²) in [4.78, 5) is 14.1. The van der Waals surface area contributed by atoms with Crippen molar-refractivity contribution in [1.82, 2.24) is 9.66 Å². The van der Waals surface area contributed by atoms with Crippen LogP contribution in [0, 0.1) is 18.6 Å². The third kappa shape index (κ3) is 2.47. The van der Waals surface area contributed by atoms with Crippen LogP contribution in [0.2, 0.25) is 0 Å². The Morgan fingerprint density at radius 3 is 2.46 bits per heavy atom. The zero-order chi connectivity index (χ0) is 18.4. The van der Waals surface area contributed by atoms with Crippen molar-refractivity contribution in [2.45, 2.75) is 6.92 Å². The van der Waals surface area contributed by atoms with Crippen LogP contribution >= 0.6 is 0 Å². The molecule has 0 unspecified atom stereocenters. The van der Waals surface area contributed by atoms with Gasteiger partial charge in [-0.25, -0.2) is 8.78 Å². The lowest BCUT2D eigenvalue weighted by Crippen LogP contribution is -2.10. The van der Waals surface area contributed by atoms with Gasteiger partial charge in [0, 0.05) is 23.2 Å². The van der Waals surface area contributed by atoms with Crippen molar-refractivity contribution >= 4 is 10.9 Å². The van der Waals surface area contributed by atoms with Crippen molar-refractivity contribution in [3.8, 4) is 22.4 Å². The number of pyridine rings is 1. The highest BCUT2D eigenvalue weighted by Crippen LogP contribution is 2.32. The lowest BCUT2D eigenvalue weighted by Gasteiger charge is -2.07. The molecule has 4 rings (SSSR count). The van der Waals surface area contributed by atoms with E-state index in [1.165, 1.54) is 28.9 Å². The van der Waals surface area contributed by atoms with E-state index in [1.54, 1.807) is 18.3 Å². The van der Waals surface area contributed by atoms with Crippen molar-refractivity contribution in [2.75, 3.05) is 5.84 Å². The second-order valence-corrected chi connectivity index (χ2v) is 6.16. The number of nitrogens with one attached hydrogen (secondary N) is 1. The largest absolute Gasteiger partial charge is 0.339 e. The number of nitrogens with two attached hydrogens (primary N) is 1. The summed E-state index contributed by atoms with van der Waals surface area (Å²) in [5, 5.41) is 0.744. The predicted octanol–water partition coefficient (Wildman–Crippen LogP) is 3.96. The highest BCUT2D eigenvalue weighted by atomic mass is 19.1. The van der Waals surface area contributed by atoms with Gasteiger partial charge >= 0.3 is 0 Å². The number of aromatic amines is 1. The number of fused-ring (bicyclic) bond motifs is 1. The summed E-state index contributed by atoms with van der Waals surface area (Å²) in [7, 11) is 0. The van der Waals surface area contributed by atoms with Gasteiger partial charge in [-0.05, 0) is 48.4 Å². The van der Waals surface area contributed by atoms with Crippen LogP contribution in [0.3, 0.4) is 0 Å². The number of nitrogens with zero attached hydrogens (tertiary/aromatic N) is 1. The highest BCUT2D eigenvalue weighted by molar-refractivity contribution is 5.91. The molecule has 0 bridgehead atoms. The van der Waals surface area contributed by atoms with Gasteiger partial charge < -0.3 is 10.8 Å². The molecule has 0 atom stereocenters. The van der Waals surface area contributed by atoms with Gasteiger partial charge in [0.2, 0.25) is 5.56 Å². The van der Waals surface area contributed by atoms with Gasteiger partial charge in [-0.15, -0.1) is 0 Å². The van der Waals surface area contributed by atoms with Crippen molar-refractivity contribution < 1.29 is 8.78 Å². The van der Waals surface area contributed by atoms with E-state index in [2.05, 4.69) is 4.98 Å². The van der Waals surface area contributed by atoms with E-state index in [0.717, 1.165) is 22.1 Å². The molecule has 0 fully saturated rings. The summed E-state index contributed by atoms with van der Waals surface area (Å²) in [6.45, 7) is 1.85. The molecule has 3 N–H and O–H groups in total. The minimum atomic E-state index is -0.670. The number of aryl methyl sites for hydroxylation is 1. The number of aromatic nitrogens is 2. The third-order valence-electron chi connectivity index (χ3n) is 4.50. The maximum atomic E-state index is 14.1. The van der Waals surface area contributed by atoms with Gasteiger partial charge in [-0.3, -0.25) is 9.47 Å². The van der Waals surface area contributed by atoms with E-state index in [-0.39, 0.29) is 16.8 Å². The molecular weight excluding hydrogens is 336 g/mol.